The summed E-state index contributed by atoms with van der Waals surface area (Å²) in [6.45, 7) is 6.75. The van der Waals surface area contributed by atoms with Gasteiger partial charge in [0.05, 0.1) is 6.61 Å². The predicted molar refractivity (Wildman–Crippen MR) is 62.6 cm³/mol. The maximum Gasteiger partial charge on any atom is 0.104 e. The second kappa shape index (κ2) is 4.45. The third-order valence-electron chi connectivity index (χ3n) is 2.80. The van der Waals surface area contributed by atoms with E-state index in [0.717, 1.165) is 6.61 Å². The molecule has 1 aliphatic heterocycles. The van der Waals surface area contributed by atoms with Gasteiger partial charge in [0.2, 0.25) is 0 Å². The number of allylic oxidation sites excluding steroid dienone is 2. The molecule has 0 aliphatic carbocycles. The zero-order valence-electron chi connectivity index (χ0n) is 9.02. The Bertz CT molecular complexity index is 364. The van der Waals surface area contributed by atoms with Crippen LogP contribution in [0.15, 0.2) is 54.6 Å². The Morgan fingerprint density at radius 2 is 2.07 bits per heavy atom. The number of hydrogen-bond donors (Lipinski definition) is 0. The first-order valence-corrected chi connectivity index (χ1v) is 5.32. The summed E-state index contributed by atoms with van der Waals surface area (Å²) in [6.07, 6.45) is 4.05. The van der Waals surface area contributed by atoms with Crippen molar-refractivity contribution in [2.45, 2.75) is 13.0 Å². The van der Waals surface area contributed by atoms with Crippen LogP contribution in [0.3, 0.4) is 0 Å². The van der Waals surface area contributed by atoms with Crippen LogP contribution >= 0.6 is 0 Å². The molecule has 0 amide bonds. The van der Waals surface area contributed by atoms with Gasteiger partial charge in [0.15, 0.2) is 0 Å². The quantitative estimate of drug-likeness (QED) is 0.710. The smallest absolute Gasteiger partial charge is 0.104 e. The minimum atomic E-state index is 0.124. The van der Waals surface area contributed by atoms with Crippen LogP contribution in [0.5, 0.6) is 0 Å². The molecule has 0 aromatic heterocycles. The fourth-order valence-electron chi connectivity index (χ4n) is 2.00. The van der Waals surface area contributed by atoms with Crippen LogP contribution < -0.4 is 0 Å². The summed E-state index contributed by atoms with van der Waals surface area (Å²) in [5.41, 5.74) is 2.56. The maximum atomic E-state index is 5.80. The van der Waals surface area contributed by atoms with Gasteiger partial charge in [-0.1, -0.05) is 56.0 Å². The molecule has 1 fully saturated rings. The number of ether oxygens (including phenoxy) is 1. The molecule has 1 heterocycles. The molecule has 0 bridgehead atoms. The third-order valence-corrected chi connectivity index (χ3v) is 2.80. The zero-order chi connectivity index (χ0) is 10.7. The second-order valence-electron chi connectivity index (χ2n) is 3.93. The lowest BCUT2D eigenvalue weighted by atomic mass is 9.95. The topological polar surface area (TPSA) is 9.23 Å². The number of benzene rings is 1. The molecule has 0 spiro atoms. The molecule has 2 atom stereocenters. The first-order chi connectivity index (χ1) is 7.33. The first kappa shape index (κ1) is 10.2. The van der Waals surface area contributed by atoms with Gasteiger partial charge in [0.1, 0.15) is 6.10 Å². The predicted octanol–water partition coefficient (Wildman–Crippen LogP) is 3.51. The van der Waals surface area contributed by atoms with Crippen molar-refractivity contribution in [2.24, 2.45) is 5.92 Å². The summed E-state index contributed by atoms with van der Waals surface area (Å²) in [4.78, 5) is 0. The molecule has 78 valence electrons. The summed E-state index contributed by atoms with van der Waals surface area (Å²) in [7, 11) is 0. The van der Waals surface area contributed by atoms with Crippen LogP contribution in [0.25, 0.3) is 0 Å². The Morgan fingerprint density at radius 1 is 1.33 bits per heavy atom. The van der Waals surface area contributed by atoms with Crippen molar-refractivity contribution in [2.75, 3.05) is 6.61 Å². The van der Waals surface area contributed by atoms with E-state index in [2.05, 4.69) is 31.7 Å². The van der Waals surface area contributed by atoms with E-state index in [1.807, 2.05) is 24.3 Å². The fraction of sp³-hybridized carbons (Fsp3) is 0.286. The van der Waals surface area contributed by atoms with Crippen molar-refractivity contribution in [1.82, 2.24) is 0 Å². The highest BCUT2D eigenvalue weighted by Gasteiger charge is 2.28. The average molecular weight is 200 g/mol. The lowest BCUT2D eigenvalue weighted by Gasteiger charge is -2.12. The third kappa shape index (κ3) is 2.02. The molecule has 0 radical (unpaired) electrons. The van der Waals surface area contributed by atoms with Gasteiger partial charge in [-0.25, -0.2) is 0 Å². The van der Waals surface area contributed by atoms with Crippen LogP contribution in [0.4, 0.5) is 0 Å². The van der Waals surface area contributed by atoms with Crippen molar-refractivity contribution in [3.8, 4) is 0 Å². The van der Waals surface area contributed by atoms with E-state index >= 15 is 0 Å². The van der Waals surface area contributed by atoms with Gasteiger partial charge in [-0.05, 0) is 11.1 Å². The van der Waals surface area contributed by atoms with Crippen molar-refractivity contribution in [3.63, 3.8) is 0 Å². The Hall–Kier alpha value is -1.34. The maximum absolute atomic E-state index is 5.80. The standard InChI is InChI=1S/C14H16O/c1-3-7-13-11(2)10-15-14(13)12-8-5-4-6-9-12/h3-9,11,14H,1,10H2,2H3/b13-7-/t11-,14+/m0/s1. The largest absolute Gasteiger partial charge is 0.368 e. The first-order valence-electron chi connectivity index (χ1n) is 5.32. The molecule has 1 aromatic rings. The Morgan fingerprint density at radius 3 is 2.73 bits per heavy atom. The minimum absolute atomic E-state index is 0.124. The van der Waals surface area contributed by atoms with E-state index < -0.39 is 0 Å². The molecule has 1 aliphatic rings. The van der Waals surface area contributed by atoms with E-state index in [-0.39, 0.29) is 6.10 Å². The normalized spacial score (nSPS) is 28.2. The minimum Gasteiger partial charge on any atom is -0.368 e. The molecular formula is C14H16O. The van der Waals surface area contributed by atoms with Gasteiger partial charge in [0, 0.05) is 5.92 Å². The van der Waals surface area contributed by atoms with E-state index in [4.69, 9.17) is 4.74 Å². The SMILES string of the molecule is C=C/C=C1/[C@@H](C)CO[C@@H]1c1ccccc1. The second-order valence-corrected chi connectivity index (χ2v) is 3.93. The summed E-state index contributed by atoms with van der Waals surface area (Å²) in [5, 5.41) is 0. The molecule has 0 N–H and O–H groups in total. The van der Waals surface area contributed by atoms with Gasteiger partial charge in [0.25, 0.3) is 0 Å². The molecule has 15 heavy (non-hydrogen) atoms. The molecule has 1 aromatic carbocycles. The summed E-state index contributed by atoms with van der Waals surface area (Å²) >= 11 is 0. The van der Waals surface area contributed by atoms with E-state index in [1.54, 1.807) is 0 Å². The van der Waals surface area contributed by atoms with Crippen LogP contribution in [-0.4, -0.2) is 6.61 Å². The van der Waals surface area contributed by atoms with Crippen LogP contribution in [0, 0.1) is 5.92 Å². The Balaban J connectivity index is 2.30. The van der Waals surface area contributed by atoms with Gasteiger partial charge >= 0.3 is 0 Å². The average Bonchev–Trinajstić information content (AvgIpc) is 2.63. The van der Waals surface area contributed by atoms with Crippen molar-refractivity contribution < 1.29 is 4.74 Å². The number of hydrogen-bond acceptors (Lipinski definition) is 1. The van der Waals surface area contributed by atoms with Crippen molar-refractivity contribution >= 4 is 0 Å². The van der Waals surface area contributed by atoms with Gasteiger partial charge < -0.3 is 4.74 Å². The lowest BCUT2D eigenvalue weighted by molar-refractivity contribution is 0.118. The highest BCUT2D eigenvalue weighted by atomic mass is 16.5. The van der Waals surface area contributed by atoms with E-state index in [9.17, 15) is 0 Å². The summed E-state index contributed by atoms with van der Waals surface area (Å²) in [6, 6.07) is 10.3. The fourth-order valence-corrected chi connectivity index (χ4v) is 2.00. The lowest BCUT2D eigenvalue weighted by Crippen LogP contribution is -1.99. The zero-order valence-corrected chi connectivity index (χ0v) is 9.02. The molecule has 2 rings (SSSR count). The number of rotatable bonds is 2. The monoisotopic (exact) mass is 200 g/mol. The summed E-state index contributed by atoms with van der Waals surface area (Å²) < 4.78 is 5.80. The Kier molecular flexibility index (Phi) is 3.02. The van der Waals surface area contributed by atoms with Crippen molar-refractivity contribution in [1.29, 1.82) is 0 Å². The molecule has 1 saturated heterocycles. The van der Waals surface area contributed by atoms with Crippen LogP contribution in [0.1, 0.15) is 18.6 Å². The highest BCUT2D eigenvalue weighted by molar-refractivity contribution is 5.31. The van der Waals surface area contributed by atoms with E-state index in [0.29, 0.717) is 5.92 Å². The highest BCUT2D eigenvalue weighted by Crippen LogP contribution is 2.37. The van der Waals surface area contributed by atoms with Crippen LogP contribution in [0.2, 0.25) is 0 Å². The molecule has 1 nitrogen and oxygen atoms in total. The van der Waals surface area contributed by atoms with Gasteiger partial charge in [-0.15, -0.1) is 0 Å². The molecule has 0 unspecified atom stereocenters. The van der Waals surface area contributed by atoms with Crippen LogP contribution in [-0.2, 0) is 4.74 Å². The molecule has 1 heteroatoms. The van der Waals surface area contributed by atoms with Crippen molar-refractivity contribution in [3.05, 3.63) is 60.2 Å². The van der Waals surface area contributed by atoms with E-state index in [1.165, 1.54) is 11.1 Å². The molecular weight excluding hydrogens is 184 g/mol. The van der Waals surface area contributed by atoms with Gasteiger partial charge in [-0.3, -0.25) is 0 Å². The van der Waals surface area contributed by atoms with Gasteiger partial charge in [-0.2, -0.15) is 0 Å². The Labute approximate surface area is 91.1 Å². The summed E-state index contributed by atoms with van der Waals surface area (Å²) in [5.74, 6) is 0.494. The molecule has 0 saturated carbocycles.